The highest BCUT2D eigenvalue weighted by molar-refractivity contribution is 5.79. The van der Waals surface area contributed by atoms with Gasteiger partial charge in [-0.3, -0.25) is 4.79 Å². The summed E-state index contributed by atoms with van der Waals surface area (Å²) in [5, 5.41) is 0. The highest BCUT2D eigenvalue weighted by Gasteiger charge is 2.89. The molecule has 8 aliphatic carbocycles. The molecule has 3 nitrogen and oxygen atoms in total. The molecule has 0 heterocycles. The van der Waals surface area contributed by atoms with Crippen molar-refractivity contribution in [3.05, 3.63) is 30.3 Å². The molecule has 0 saturated heterocycles. The van der Waals surface area contributed by atoms with E-state index >= 15 is 0 Å². The fraction of sp³-hybridized carbons (Fsp3) is 0.750. The van der Waals surface area contributed by atoms with E-state index < -0.39 is 5.41 Å². The number of carbonyl (C=O) groups is 1. The van der Waals surface area contributed by atoms with Crippen LogP contribution in [0.4, 0.5) is 0 Å². The first-order valence-electron chi connectivity index (χ1n) is 13.0. The summed E-state index contributed by atoms with van der Waals surface area (Å²) in [7, 11) is 1.64. The van der Waals surface area contributed by atoms with Gasteiger partial charge in [0.05, 0.1) is 7.11 Å². The van der Waals surface area contributed by atoms with E-state index in [1.165, 1.54) is 25.7 Å². The summed E-state index contributed by atoms with van der Waals surface area (Å²) in [6, 6.07) is 10.2. The van der Waals surface area contributed by atoms with E-state index in [1.807, 2.05) is 30.3 Å². The Morgan fingerprint density at radius 1 is 0.774 bits per heavy atom. The smallest absolute Gasteiger partial charge is 0.315 e. The molecule has 8 aliphatic rings. The van der Waals surface area contributed by atoms with Gasteiger partial charge in [0.2, 0.25) is 0 Å². The molecule has 3 unspecified atom stereocenters. The van der Waals surface area contributed by atoms with Crippen molar-refractivity contribution in [2.75, 3.05) is 13.7 Å². The van der Waals surface area contributed by atoms with Crippen LogP contribution in [0.15, 0.2) is 30.3 Å². The lowest BCUT2D eigenvalue weighted by molar-refractivity contribution is -0.165. The average Bonchev–Trinajstić information content (AvgIpc) is 3.58. The van der Waals surface area contributed by atoms with E-state index in [1.54, 1.807) is 7.11 Å². The Bertz CT molecular complexity index is 941. The van der Waals surface area contributed by atoms with Crippen molar-refractivity contribution in [2.45, 2.75) is 25.7 Å². The molecule has 0 spiro atoms. The van der Waals surface area contributed by atoms with E-state index in [0.717, 1.165) is 76.8 Å². The normalized spacial score (nSPS) is 61.6. The van der Waals surface area contributed by atoms with Crippen molar-refractivity contribution in [1.29, 1.82) is 0 Å². The average molecular weight is 417 g/mol. The summed E-state index contributed by atoms with van der Waals surface area (Å²) in [6.45, 7) is 0.543. The minimum atomic E-state index is -0.409. The first kappa shape index (κ1) is 17.0. The van der Waals surface area contributed by atoms with Crippen molar-refractivity contribution >= 4 is 5.97 Å². The van der Waals surface area contributed by atoms with Gasteiger partial charge in [0, 0.05) is 0 Å². The standard InChI is InChI=1S/C28H32O3/c1-30-27(29)28(11-31-12-5-3-2-4-6-12)25-15-9-7-13-17-14-8-10-16-19(14)22-20(17)21(18(13)15)23(25)24(22)26(16)28/h2-6,13-26H,7-11H2,1H3/t13-,14+,15-,16-,17?,18+,19-,20?,21+,22-,23-,24-,25-,26+,28?/m1/s1. The monoisotopic (exact) mass is 416 g/mol. The number of rotatable bonds is 4. The summed E-state index contributed by atoms with van der Waals surface area (Å²) in [6.07, 6.45) is 5.63. The quantitative estimate of drug-likeness (QED) is 0.677. The van der Waals surface area contributed by atoms with Gasteiger partial charge in [-0.05, 0) is 121 Å². The lowest BCUT2D eigenvalue weighted by Crippen LogP contribution is -2.50. The molecule has 0 aliphatic heterocycles. The number of methoxy groups -OCH3 is 1. The molecule has 0 radical (unpaired) electrons. The Balaban J connectivity index is 1.25. The third-order valence-electron chi connectivity index (χ3n) is 12.9. The number of carbonyl (C=O) groups excluding carboxylic acids is 1. The number of hydrogen-bond donors (Lipinski definition) is 0. The minimum Gasteiger partial charge on any atom is -0.492 e. The minimum absolute atomic E-state index is 0.0766. The SMILES string of the molecule is COC(=O)C1(COc2ccccc2)[C@@H]2[C@@H]3CC[C@@H]4C5C6[C@@H]7[C@H]([C@H]2[C@H]6[C@H]34)[C@@H]1[C@@H]1CC[C@@H]5[C@H]17. The summed E-state index contributed by atoms with van der Waals surface area (Å²) in [5.41, 5.74) is -0.409. The van der Waals surface area contributed by atoms with Crippen LogP contribution < -0.4 is 4.74 Å². The van der Waals surface area contributed by atoms with Crippen LogP contribution in [0.25, 0.3) is 0 Å². The van der Waals surface area contributed by atoms with Gasteiger partial charge in [-0.15, -0.1) is 0 Å². The summed E-state index contributed by atoms with van der Waals surface area (Å²) >= 11 is 0. The highest BCUT2D eigenvalue weighted by atomic mass is 16.5. The molecular formula is C28H32O3. The lowest BCUT2D eigenvalue weighted by atomic mass is 9.62. The number of fused-ring (bicyclic) bond motifs is 4. The van der Waals surface area contributed by atoms with Crippen molar-refractivity contribution in [3.63, 3.8) is 0 Å². The van der Waals surface area contributed by atoms with E-state index in [-0.39, 0.29) is 5.97 Å². The zero-order chi connectivity index (χ0) is 20.2. The van der Waals surface area contributed by atoms with Crippen LogP contribution in [-0.4, -0.2) is 19.7 Å². The molecule has 3 heteroatoms. The van der Waals surface area contributed by atoms with Crippen molar-refractivity contribution in [2.24, 2.45) is 88.3 Å². The second kappa shape index (κ2) is 5.18. The van der Waals surface area contributed by atoms with Gasteiger partial charge in [0.1, 0.15) is 17.8 Å². The Hall–Kier alpha value is -1.51. The Morgan fingerprint density at radius 2 is 1.29 bits per heavy atom. The van der Waals surface area contributed by atoms with E-state index in [9.17, 15) is 4.79 Å². The maximum absolute atomic E-state index is 13.9. The zero-order valence-corrected chi connectivity index (χ0v) is 18.2. The van der Waals surface area contributed by atoms with Crippen LogP contribution in [0.5, 0.6) is 5.75 Å². The van der Waals surface area contributed by atoms with E-state index in [2.05, 4.69) is 0 Å². The summed E-state index contributed by atoms with van der Waals surface area (Å²) in [5.74, 6) is 13.0. The first-order chi connectivity index (χ1) is 15.3. The van der Waals surface area contributed by atoms with Gasteiger partial charge >= 0.3 is 5.97 Å². The molecule has 0 aromatic heterocycles. The van der Waals surface area contributed by atoms with Crippen LogP contribution in [0, 0.1) is 88.3 Å². The van der Waals surface area contributed by atoms with Gasteiger partial charge in [-0.1, -0.05) is 18.2 Å². The molecule has 1 aromatic rings. The molecular weight excluding hydrogens is 384 g/mol. The van der Waals surface area contributed by atoms with Crippen LogP contribution in [0.3, 0.4) is 0 Å². The largest absolute Gasteiger partial charge is 0.492 e. The number of esters is 1. The van der Waals surface area contributed by atoms with Crippen molar-refractivity contribution in [3.8, 4) is 5.75 Å². The Labute approximate surface area is 184 Å². The Morgan fingerprint density at radius 3 is 1.87 bits per heavy atom. The third-order valence-corrected chi connectivity index (χ3v) is 12.9. The summed E-state index contributed by atoms with van der Waals surface area (Å²) < 4.78 is 12.2. The predicted octanol–water partition coefficient (Wildman–Crippen LogP) is 4.52. The highest BCUT2D eigenvalue weighted by Crippen LogP contribution is 2.90. The number of para-hydroxylation sites is 1. The van der Waals surface area contributed by atoms with Gasteiger partial charge < -0.3 is 9.47 Å². The molecule has 0 amide bonds. The van der Waals surface area contributed by atoms with Crippen LogP contribution >= 0.6 is 0 Å². The lowest BCUT2D eigenvalue weighted by Gasteiger charge is -2.42. The molecule has 0 N–H and O–H groups in total. The molecule has 1 aromatic carbocycles. The van der Waals surface area contributed by atoms with E-state index in [0.29, 0.717) is 18.4 Å². The second-order valence-electron chi connectivity index (χ2n) is 12.6. The molecule has 15 atom stereocenters. The number of hydrogen-bond acceptors (Lipinski definition) is 3. The fourth-order valence-corrected chi connectivity index (χ4v) is 13.4. The molecule has 31 heavy (non-hydrogen) atoms. The predicted molar refractivity (Wildman–Crippen MR) is 114 cm³/mol. The molecule has 9 rings (SSSR count). The Kier molecular flexibility index (Phi) is 2.84. The summed E-state index contributed by atoms with van der Waals surface area (Å²) in [4.78, 5) is 13.9. The van der Waals surface area contributed by atoms with Crippen LogP contribution in [0.1, 0.15) is 25.7 Å². The topological polar surface area (TPSA) is 35.5 Å². The van der Waals surface area contributed by atoms with Crippen LogP contribution in [-0.2, 0) is 9.53 Å². The third kappa shape index (κ3) is 1.53. The second-order valence-corrected chi connectivity index (χ2v) is 12.6. The molecule has 8 fully saturated rings. The molecule has 8 saturated carbocycles. The first-order valence-corrected chi connectivity index (χ1v) is 13.0. The van der Waals surface area contributed by atoms with E-state index in [4.69, 9.17) is 9.47 Å². The van der Waals surface area contributed by atoms with Crippen LogP contribution in [0.2, 0.25) is 0 Å². The van der Waals surface area contributed by atoms with Crippen molar-refractivity contribution < 1.29 is 14.3 Å². The van der Waals surface area contributed by atoms with Gasteiger partial charge in [0.15, 0.2) is 0 Å². The maximum Gasteiger partial charge on any atom is 0.315 e. The number of ether oxygens (including phenoxy) is 2. The van der Waals surface area contributed by atoms with Crippen molar-refractivity contribution in [1.82, 2.24) is 0 Å². The van der Waals surface area contributed by atoms with Gasteiger partial charge in [-0.25, -0.2) is 0 Å². The number of benzene rings is 1. The van der Waals surface area contributed by atoms with Gasteiger partial charge in [0.25, 0.3) is 0 Å². The fourth-order valence-electron chi connectivity index (χ4n) is 13.4. The zero-order valence-electron chi connectivity index (χ0n) is 18.2. The van der Waals surface area contributed by atoms with Gasteiger partial charge in [-0.2, -0.15) is 0 Å². The molecule has 0 bridgehead atoms. The maximum atomic E-state index is 13.9. The molecule has 162 valence electrons.